The average molecular weight is 396 g/mol. The van der Waals surface area contributed by atoms with Crippen LogP contribution in [-0.2, 0) is 30.8 Å². The Morgan fingerprint density at radius 3 is 2.58 bits per heavy atom. The van der Waals surface area contributed by atoms with Gasteiger partial charge in [0.15, 0.2) is 0 Å². The van der Waals surface area contributed by atoms with Crippen molar-refractivity contribution < 1.29 is 13.7 Å². The molecule has 1 aromatic carbocycles. The van der Waals surface area contributed by atoms with Gasteiger partial charge in [0, 0.05) is 23.2 Å². The average Bonchev–Trinajstić information content (AvgIpc) is 2.60. The Morgan fingerprint density at radius 2 is 1.92 bits per heavy atom. The molecule has 0 aromatic heterocycles. The Labute approximate surface area is 162 Å². The summed E-state index contributed by atoms with van der Waals surface area (Å²) in [4.78, 5) is 15.3. The molecule has 1 fully saturated rings. The first-order valence-electron chi connectivity index (χ1n) is 9.46. The summed E-state index contributed by atoms with van der Waals surface area (Å²) in [7, 11) is 0.549. The lowest BCUT2D eigenvalue weighted by molar-refractivity contribution is 0.0181. The van der Waals surface area contributed by atoms with Crippen LogP contribution in [-0.4, -0.2) is 39.1 Å². The molecule has 26 heavy (non-hydrogen) atoms. The molecule has 2 heterocycles. The molecule has 0 radical (unpaired) electrons. The molecule has 4 nitrogen and oxygen atoms in total. The number of hydrogen-bond donors (Lipinski definition) is 0. The number of hydrogen-bond acceptors (Lipinski definition) is 3. The second-order valence-corrected chi connectivity index (χ2v) is 11.6. The van der Waals surface area contributed by atoms with Crippen molar-refractivity contribution in [1.29, 1.82) is 0 Å². The van der Waals surface area contributed by atoms with E-state index >= 15 is 0 Å². The molecule has 3 rings (SSSR count). The third kappa shape index (κ3) is 4.77. The van der Waals surface area contributed by atoms with Gasteiger partial charge in [-0.15, -0.1) is 0 Å². The third-order valence-corrected chi connectivity index (χ3v) is 8.97. The molecule has 0 saturated carbocycles. The van der Waals surface area contributed by atoms with Crippen molar-refractivity contribution in [3.8, 4) is 0 Å². The molecule has 2 aliphatic rings. The lowest BCUT2D eigenvalue weighted by Crippen LogP contribution is -2.42. The van der Waals surface area contributed by atoms with Gasteiger partial charge in [0.2, 0.25) is 0 Å². The molecular weight excluding hydrogens is 366 g/mol. The fourth-order valence-corrected chi connectivity index (χ4v) is 7.39. The van der Waals surface area contributed by atoms with Crippen molar-refractivity contribution >= 4 is 25.8 Å². The summed E-state index contributed by atoms with van der Waals surface area (Å²) >= 11 is 0. The Balaban J connectivity index is 1.57. The van der Waals surface area contributed by atoms with Gasteiger partial charge in [0.25, 0.3) is 0 Å². The molecule has 0 spiro atoms. The Kier molecular flexibility index (Phi) is 6.23. The number of piperidine rings is 1. The highest BCUT2D eigenvalue weighted by atomic mass is 32.8. The van der Waals surface area contributed by atoms with Gasteiger partial charge < -0.3 is 9.64 Å². The second-order valence-electron chi connectivity index (χ2n) is 8.28. The molecule has 2 aliphatic heterocycles. The zero-order valence-corrected chi connectivity index (χ0v) is 17.5. The standard InChI is InChI=1S/C20H29NO3S2/c1-20(2,3)24-19(22)21-12-10-15(11-13-21)14-17-9-8-16-6-4-5-7-18(16)26(17)25-23/h4-7,15,17H,8-14H2,1-3H3. The largest absolute Gasteiger partial charge is 0.444 e. The summed E-state index contributed by atoms with van der Waals surface area (Å²) in [5.74, 6) is 0.603. The van der Waals surface area contributed by atoms with E-state index in [9.17, 15) is 9.00 Å². The molecule has 1 saturated heterocycles. The maximum atomic E-state index is 12.2. The summed E-state index contributed by atoms with van der Waals surface area (Å²) < 4.78 is 17.3. The topological polar surface area (TPSA) is 46.6 Å². The molecule has 1 amide bonds. The first kappa shape index (κ1) is 19.6. The predicted molar refractivity (Wildman–Crippen MR) is 107 cm³/mol. The molecule has 144 valence electrons. The van der Waals surface area contributed by atoms with E-state index in [0.29, 0.717) is 11.2 Å². The maximum absolute atomic E-state index is 12.2. The second kappa shape index (κ2) is 8.26. The number of fused-ring (bicyclic) bond motifs is 1. The van der Waals surface area contributed by atoms with E-state index in [2.05, 4.69) is 24.3 Å². The molecule has 0 aliphatic carbocycles. The highest BCUT2D eigenvalue weighted by molar-refractivity contribution is 8.31. The summed E-state index contributed by atoms with van der Waals surface area (Å²) in [5.41, 5.74) is 0.915. The predicted octanol–water partition coefficient (Wildman–Crippen LogP) is 4.14. The van der Waals surface area contributed by atoms with Crippen molar-refractivity contribution in [2.75, 3.05) is 13.1 Å². The monoisotopic (exact) mass is 395 g/mol. The fourth-order valence-electron chi connectivity index (χ4n) is 3.86. The van der Waals surface area contributed by atoms with Gasteiger partial charge in [-0.3, -0.25) is 0 Å². The fraction of sp³-hybridized carbons (Fsp3) is 0.650. The van der Waals surface area contributed by atoms with E-state index in [1.54, 1.807) is 0 Å². The van der Waals surface area contributed by atoms with E-state index in [-0.39, 0.29) is 15.5 Å². The first-order chi connectivity index (χ1) is 12.4. The zero-order valence-electron chi connectivity index (χ0n) is 15.9. The first-order valence-corrected chi connectivity index (χ1v) is 12.0. The van der Waals surface area contributed by atoms with E-state index in [4.69, 9.17) is 4.74 Å². The van der Waals surface area contributed by atoms with Crippen LogP contribution in [0.15, 0.2) is 29.2 Å². The van der Waals surface area contributed by atoms with Crippen LogP contribution < -0.4 is 0 Å². The lowest BCUT2D eigenvalue weighted by Gasteiger charge is -2.35. The highest BCUT2D eigenvalue weighted by Gasteiger charge is 2.31. The van der Waals surface area contributed by atoms with Crippen LogP contribution in [0.25, 0.3) is 0 Å². The van der Waals surface area contributed by atoms with Crippen LogP contribution in [0.1, 0.15) is 52.0 Å². The number of amides is 1. The van der Waals surface area contributed by atoms with Gasteiger partial charge in [-0.2, -0.15) is 0 Å². The Morgan fingerprint density at radius 1 is 1.23 bits per heavy atom. The van der Waals surface area contributed by atoms with Gasteiger partial charge in [0.1, 0.15) is 15.8 Å². The minimum Gasteiger partial charge on any atom is -0.444 e. The number of benzene rings is 1. The number of ether oxygens (including phenoxy) is 1. The lowest BCUT2D eigenvalue weighted by atomic mass is 9.90. The summed E-state index contributed by atoms with van der Waals surface area (Å²) in [6, 6.07) is 8.43. The van der Waals surface area contributed by atoms with Gasteiger partial charge in [-0.1, -0.05) is 27.7 Å². The van der Waals surface area contributed by atoms with Crippen LogP contribution >= 0.6 is 0 Å². The van der Waals surface area contributed by atoms with Crippen LogP contribution in [0.2, 0.25) is 0 Å². The Hall–Kier alpha value is -1.14. The Bertz CT molecular complexity index is 714. The van der Waals surface area contributed by atoms with Gasteiger partial charge >= 0.3 is 6.09 Å². The molecule has 2 atom stereocenters. The van der Waals surface area contributed by atoms with Gasteiger partial charge in [-0.05, 0) is 70.4 Å². The van der Waals surface area contributed by atoms with Crippen LogP contribution in [0.5, 0.6) is 0 Å². The van der Waals surface area contributed by atoms with Gasteiger partial charge in [-0.25, -0.2) is 9.00 Å². The van der Waals surface area contributed by atoms with Crippen molar-refractivity contribution in [3.05, 3.63) is 29.8 Å². The minimum atomic E-state index is -0.441. The molecule has 0 bridgehead atoms. The minimum absolute atomic E-state index is 0.197. The number of carbonyl (C=O) groups is 1. The molecule has 0 N–H and O–H groups in total. The highest BCUT2D eigenvalue weighted by Crippen LogP contribution is 2.33. The number of aryl methyl sites for hydroxylation is 1. The normalized spacial score (nSPS) is 24.0. The number of likely N-dealkylation sites (tertiary alicyclic amines) is 1. The molecule has 2 unspecified atom stereocenters. The van der Waals surface area contributed by atoms with E-state index < -0.39 is 5.60 Å². The molecule has 6 heteroatoms. The summed E-state index contributed by atoms with van der Waals surface area (Å²) in [5, 5.41) is 0.477. The number of nitrogens with zero attached hydrogens (tertiary/aromatic N) is 1. The van der Waals surface area contributed by atoms with Gasteiger partial charge in [0.05, 0.1) is 0 Å². The zero-order chi connectivity index (χ0) is 18.7. The van der Waals surface area contributed by atoms with Crippen LogP contribution in [0.3, 0.4) is 0 Å². The molecular formula is C20H29NO3S2. The van der Waals surface area contributed by atoms with Crippen molar-refractivity contribution in [2.24, 2.45) is 5.92 Å². The van der Waals surface area contributed by atoms with Crippen molar-refractivity contribution in [1.82, 2.24) is 4.90 Å². The van der Waals surface area contributed by atoms with E-state index in [0.717, 1.165) is 55.4 Å². The SMILES string of the molecule is CC(C)(C)OC(=O)N1CCC(CC2CCc3ccccc3S2=S=O)CC1. The summed E-state index contributed by atoms with van der Waals surface area (Å²) in [6.45, 7) is 7.24. The van der Waals surface area contributed by atoms with Crippen LogP contribution in [0, 0.1) is 5.92 Å². The number of rotatable bonds is 2. The van der Waals surface area contributed by atoms with E-state index in [1.165, 1.54) is 10.5 Å². The number of carbonyl (C=O) groups excluding carboxylic acids is 1. The van der Waals surface area contributed by atoms with Crippen LogP contribution in [0.4, 0.5) is 4.79 Å². The quantitative estimate of drug-likeness (QED) is 0.756. The summed E-state index contributed by atoms with van der Waals surface area (Å²) in [6.07, 6.45) is 5.13. The third-order valence-electron chi connectivity index (χ3n) is 5.16. The maximum Gasteiger partial charge on any atom is 0.410 e. The smallest absolute Gasteiger partial charge is 0.410 e. The van der Waals surface area contributed by atoms with E-state index in [1.807, 2.05) is 25.7 Å². The van der Waals surface area contributed by atoms with Crippen molar-refractivity contribution in [3.63, 3.8) is 0 Å². The molecule has 1 aromatic rings. The van der Waals surface area contributed by atoms with Crippen molar-refractivity contribution in [2.45, 2.75) is 68.6 Å².